The van der Waals surface area contributed by atoms with E-state index in [1.807, 2.05) is 6.07 Å². The van der Waals surface area contributed by atoms with Crippen LogP contribution in [0.5, 0.6) is 11.5 Å². The summed E-state index contributed by atoms with van der Waals surface area (Å²) in [6, 6.07) is 17.2. The lowest BCUT2D eigenvalue weighted by atomic mass is 9.97. The van der Waals surface area contributed by atoms with Gasteiger partial charge in [-0.2, -0.15) is 13.2 Å². The number of thiazole rings is 1. The van der Waals surface area contributed by atoms with Crippen LogP contribution in [0.3, 0.4) is 0 Å². The number of carboxylic acids is 1. The summed E-state index contributed by atoms with van der Waals surface area (Å²) in [6.45, 7) is 7.55. The summed E-state index contributed by atoms with van der Waals surface area (Å²) in [7, 11) is 3.39. The molecule has 1 heterocycles. The Morgan fingerprint density at radius 2 is 1.58 bits per heavy atom. The monoisotopic (exact) mass is 756 g/mol. The molecule has 4 aromatic rings. The minimum atomic E-state index is -4.71. The summed E-state index contributed by atoms with van der Waals surface area (Å²) in [5.74, 6) is 0.0874. The average Bonchev–Trinajstić information content (AvgIpc) is 3.86. The number of carboxylic acid groups (broad SMARTS) is 1. The number of hydrogen-bond donors (Lipinski definition) is 1. The van der Waals surface area contributed by atoms with Crippen molar-refractivity contribution in [3.05, 3.63) is 99.4 Å². The van der Waals surface area contributed by atoms with Crippen molar-refractivity contribution >= 4 is 17.3 Å². The first kappa shape index (κ1) is 41.8. The predicted octanol–water partition coefficient (Wildman–Crippen LogP) is 11.3. The number of carbonyl (C=O) groups is 1. The van der Waals surface area contributed by atoms with Crippen LogP contribution in [-0.4, -0.2) is 54.8 Å². The van der Waals surface area contributed by atoms with E-state index < -0.39 is 23.5 Å². The van der Waals surface area contributed by atoms with Crippen molar-refractivity contribution in [3.8, 4) is 21.9 Å². The smallest absolute Gasteiger partial charge is 0.416 e. The molecule has 1 aliphatic carbocycles. The van der Waals surface area contributed by atoms with E-state index in [1.165, 1.54) is 101 Å². The van der Waals surface area contributed by atoms with Crippen LogP contribution in [0, 0.1) is 18.7 Å². The number of ether oxygens (including phenoxy) is 2. The van der Waals surface area contributed by atoms with Crippen LogP contribution >= 0.6 is 11.3 Å². The highest BCUT2D eigenvalue weighted by Crippen LogP contribution is 2.36. The Bertz CT molecular complexity index is 1760. The molecule has 0 amide bonds. The van der Waals surface area contributed by atoms with E-state index >= 15 is 0 Å². The SMILES string of the molecule is CCCCCCCCCN(CCc1ccccc1Cc1ccc(OC)c(OC)c1)CC1CC1.Cc1nc(C(=O)O)c(-c2cc(F)cc(C(F)(F)F)c2)s1. The van der Waals surface area contributed by atoms with Gasteiger partial charge in [0.25, 0.3) is 0 Å². The Balaban J connectivity index is 0.000000267. The van der Waals surface area contributed by atoms with Crippen LogP contribution in [0.15, 0.2) is 60.7 Å². The lowest BCUT2D eigenvalue weighted by Gasteiger charge is -2.23. The first-order valence-corrected chi connectivity index (χ1v) is 19.3. The van der Waals surface area contributed by atoms with E-state index in [1.54, 1.807) is 14.2 Å². The molecule has 1 N–H and O–H groups in total. The molecule has 0 aliphatic heterocycles. The molecule has 3 aromatic carbocycles. The number of methoxy groups -OCH3 is 2. The summed E-state index contributed by atoms with van der Waals surface area (Å²) in [4.78, 5) is 17.5. The van der Waals surface area contributed by atoms with Gasteiger partial charge in [0.05, 0.1) is 29.7 Å². The Hall–Kier alpha value is -3.96. The number of unbranched alkanes of at least 4 members (excludes halogenated alkanes) is 6. The molecule has 11 heteroatoms. The van der Waals surface area contributed by atoms with E-state index in [9.17, 15) is 22.4 Å². The minimum Gasteiger partial charge on any atom is -0.493 e. The molecule has 1 aliphatic rings. The quantitative estimate of drug-likeness (QED) is 0.0759. The van der Waals surface area contributed by atoms with E-state index in [2.05, 4.69) is 53.2 Å². The summed E-state index contributed by atoms with van der Waals surface area (Å²) < 4.78 is 62.1. The molecule has 288 valence electrons. The summed E-state index contributed by atoms with van der Waals surface area (Å²) in [5, 5.41) is 9.34. The zero-order valence-corrected chi connectivity index (χ0v) is 32.1. The number of benzene rings is 3. The zero-order chi connectivity index (χ0) is 38.4. The molecule has 6 nitrogen and oxygen atoms in total. The average molecular weight is 757 g/mol. The van der Waals surface area contributed by atoms with Crippen LogP contribution in [0.1, 0.15) is 102 Å². The van der Waals surface area contributed by atoms with Crippen molar-refractivity contribution in [2.45, 2.75) is 90.7 Å². The summed E-state index contributed by atoms with van der Waals surface area (Å²) in [5.41, 5.74) is 2.46. The number of aromatic carboxylic acids is 1. The van der Waals surface area contributed by atoms with Crippen molar-refractivity contribution in [1.82, 2.24) is 9.88 Å². The standard InChI is InChI=1S/C30H45NO2.C12H7F4NO2S/c1-4-5-6-7-8-9-12-20-31(24-25-15-16-25)21-19-27-13-10-11-14-28(27)22-26-17-18-29(32-2)30(23-26)33-3;1-5-17-9(11(18)19)10(20-5)6-2-7(12(14,15)16)4-8(13)3-6/h10-11,13-14,17-18,23,25H,4-9,12,15-16,19-22,24H2,1-3H3;2-4H,1H3,(H,18,19). The molecule has 1 fully saturated rings. The maximum Gasteiger partial charge on any atom is 0.416 e. The third-order valence-corrected chi connectivity index (χ3v) is 10.4. The van der Waals surface area contributed by atoms with Crippen LogP contribution < -0.4 is 9.47 Å². The molecule has 5 rings (SSSR count). The molecule has 53 heavy (non-hydrogen) atoms. The van der Waals surface area contributed by atoms with Crippen molar-refractivity contribution in [2.24, 2.45) is 5.92 Å². The second-order valence-electron chi connectivity index (χ2n) is 13.7. The fourth-order valence-electron chi connectivity index (χ4n) is 6.37. The second kappa shape index (κ2) is 20.5. The maximum atomic E-state index is 13.3. The van der Waals surface area contributed by atoms with Gasteiger partial charge in [0.15, 0.2) is 17.2 Å². The number of aryl methyl sites for hydroxylation is 1. The van der Waals surface area contributed by atoms with E-state index in [0.29, 0.717) is 17.1 Å². The Labute approximate surface area is 315 Å². The molecule has 0 saturated heterocycles. The van der Waals surface area contributed by atoms with Crippen LogP contribution in [0.4, 0.5) is 17.6 Å². The Kier molecular flexibility index (Phi) is 16.2. The normalized spacial score (nSPS) is 12.8. The van der Waals surface area contributed by atoms with Crippen molar-refractivity contribution in [3.63, 3.8) is 0 Å². The van der Waals surface area contributed by atoms with Crippen LogP contribution in [-0.2, 0) is 19.0 Å². The molecule has 0 atom stereocenters. The van der Waals surface area contributed by atoms with Gasteiger partial charge >= 0.3 is 12.1 Å². The van der Waals surface area contributed by atoms with E-state index in [4.69, 9.17) is 14.6 Å². The van der Waals surface area contributed by atoms with Gasteiger partial charge in [0, 0.05) is 13.1 Å². The molecule has 1 saturated carbocycles. The Morgan fingerprint density at radius 3 is 2.23 bits per heavy atom. The van der Waals surface area contributed by atoms with Crippen molar-refractivity contribution in [1.29, 1.82) is 0 Å². The number of aromatic nitrogens is 1. The number of halogens is 4. The predicted molar refractivity (Wildman–Crippen MR) is 204 cm³/mol. The van der Waals surface area contributed by atoms with Crippen LogP contribution in [0.2, 0.25) is 0 Å². The molecular formula is C42H52F4N2O4S. The lowest BCUT2D eigenvalue weighted by molar-refractivity contribution is -0.137. The van der Waals surface area contributed by atoms with Crippen molar-refractivity contribution in [2.75, 3.05) is 33.9 Å². The largest absolute Gasteiger partial charge is 0.493 e. The lowest BCUT2D eigenvalue weighted by Crippen LogP contribution is -2.29. The number of rotatable bonds is 19. The molecular weight excluding hydrogens is 705 g/mol. The molecule has 0 spiro atoms. The molecule has 0 unspecified atom stereocenters. The number of hydrogen-bond acceptors (Lipinski definition) is 6. The first-order chi connectivity index (χ1) is 25.4. The summed E-state index contributed by atoms with van der Waals surface area (Å²) >= 11 is 0.898. The molecule has 0 radical (unpaired) electrons. The zero-order valence-electron chi connectivity index (χ0n) is 31.2. The molecule has 0 bridgehead atoms. The fourth-order valence-corrected chi connectivity index (χ4v) is 7.27. The first-order valence-electron chi connectivity index (χ1n) is 18.5. The van der Waals surface area contributed by atoms with Crippen LogP contribution in [0.25, 0.3) is 10.4 Å². The highest BCUT2D eigenvalue weighted by Gasteiger charge is 2.32. The van der Waals surface area contributed by atoms with Gasteiger partial charge in [-0.15, -0.1) is 11.3 Å². The fraction of sp³-hybridized carbons (Fsp3) is 0.476. The number of alkyl halides is 3. The van der Waals surface area contributed by atoms with Gasteiger partial charge in [0.2, 0.25) is 0 Å². The third-order valence-electron chi connectivity index (χ3n) is 9.37. The minimum absolute atomic E-state index is 0.000000000000000222. The van der Waals surface area contributed by atoms with Gasteiger partial charge in [-0.05, 0) is 104 Å². The third kappa shape index (κ3) is 13.4. The van der Waals surface area contributed by atoms with E-state index in [0.717, 1.165) is 47.7 Å². The van der Waals surface area contributed by atoms with Gasteiger partial charge in [-0.1, -0.05) is 75.8 Å². The summed E-state index contributed by atoms with van der Waals surface area (Å²) in [6.07, 6.45) is 9.94. The topological polar surface area (TPSA) is 71.9 Å². The van der Waals surface area contributed by atoms with Gasteiger partial charge in [-0.3, -0.25) is 0 Å². The van der Waals surface area contributed by atoms with E-state index in [-0.39, 0.29) is 16.1 Å². The van der Waals surface area contributed by atoms with Gasteiger partial charge < -0.3 is 19.5 Å². The highest BCUT2D eigenvalue weighted by molar-refractivity contribution is 7.15. The highest BCUT2D eigenvalue weighted by atomic mass is 32.1. The second-order valence-corrected chi connectivity index (χ2v) is 14.9. The van der Waals surface area contributed by atoms with Crippen molar-refractivity contribution < 1.29 is 36.9 Å². The molecule has 1 aromatic heterocycles. The van der Waals surface area contributed by atoms with Gasteiger partial charge in [0.1, 0.15) is 5.82 Å². The maximum absolute atomic E-state index is 13.3. The Morgan fingerprint density at radius 1 is 0.906 bits per heavy atom. The number of nitrogens with zero attached hydrogens (tertiary/aromatic N) is 2. The van der Waals surface area contributed by atoms with Gasteiger partial charge in [-0.25, -0.2) is 14.2 Å².